The van der Waals surface area contributed by atoms with E-state index in [1.165, 1.54) is 10.5 Å². The van der Waals surface area contributed by atoms with Crippen molar-refractivity contribution >= 4 is 12.0 Å². The highest BCUT2D eigenvalue weighted by molar-refractivity contribution is 5.86. The third-order valence-electron chi connectivity index (χ3n) is 6.66. The lowest BCUT2D eigenvalue weighted by Crippen LogP contribution is -2.52. The highest BCUT2D eigenvalue weighted by Crippen LogP contribution is 2.38. The number of fused-ring (bicyclic) bond motifs is 1. The van der Waals surface area contributed by atoms with Crippen LogP contribution in [0, 0.1) is 17.8 Å². The van der Waals surface area contributed by atoms with Crippen molar-refractivity contribution in [1.82, 2.24) is 15.1 Å². The first-order valence-corrected chi connectivity index (χ1v) is 12.1. The summed E-state index contributed by atoms with van der Waals surface area (Å²) >= 11 is 0. The molecule has 1 aliphatic heterocycles. The topological polar surface area (TPSA) is 61.9 Å². The number of benzene rings is 1. The molecule has 0 unspecified atom stereocenters. The SMILES string of the molecule is CC(C)C[C@@H](C(=O)N[C@H]1CC[C@H]2CN(Cc3ccccc3)C[C@H]21)N(C)C(=O)OC(C)(C)C. The van der Waals surface area contributed by atoms with Crippen LogP contribution >= 0.6 is 0 Å². The zero-order valence-electron chi connectivity index (χ0n) is 20.6. The first kappa shape index (κ1) is 24.6. The summed E-state index contributed by atoms with van der Waals surface area (Å²) in [7, 11) is 1.68. The number of amides is 2. The van der Waals surface area contributed by atoms with Crippen LogP contribution in [0.2, 0.25) is 0 Å². The fourth-order valence-corrected chi connectivity index (χ4v) is 5.14. The Morgan fingerprint density at radius 2 is 1.84 bits per heavy atom. The molecule has 1 N–H and O–H groups in total. The van der Waals surface area contributed by atoms with Gasteiger partial charge in [-0.15, -0.1) is 0 Å². The predicted molar refractivity (Wildman–Crippen MR) is 127 cm³/mol. The standard InChI is InChI=1S/C26H41N3O3/c1-18(2)14-23(28(6)25(31)32-26(3,4)5)24(30)27-22-13-12-20-16-29(17-21(20)22)15-19-10-8-7-9-11-19/h7-11,18,20-23H,12-17H2,1-6H3,(H,27,30)/t20-,21+,22-,23-/m0/s1. The fourth-order valence-electron chi connectivity index (χ4n) is 5.14. The van der Waals surface area contributed by atoms with Gasteiger partial charge in [-0.1, -0.05) is 44.2 Å². The molecule has 1 saturated carbocycles. The Morgan fingerprint density at radius 3 is 2.47 bits per heavy atom. The number of nitrogens with one attached hydrogen (secondary N) is 1. The van der Waals surface area contributed by atoms with Crippen LogP contribution in [-0.2, 0) is 16.1 Å². The van der Waals surface area contributed by atoms with Crippen LogP contribution in [0.3, 0.4) is 0 Å². The third-order valence-corrected chi connectivity index (χ3v) is 6.66. The molecule has 1 saturated heterocycles. The number of rotatable bonds is 7. The van der Waals surface area contributed by atoms with Crippen molar-refractivity contribution in [3.05, 3.63) is 35.9 Å². The summed E-state index contributed by atoms with van der Waals surface area (Å²) in [6, 6.07) is 10.2. The predicted octanol–water partition coefficient (Wildman–Crippen LogP) is 4.29. The minimum Gasteiger partial charge on any atom is -0.444 e. The molecular formula is C26H41N3O3. The monoisotopic (exact) mass is 443 g/mol. The molecule has 1 aromatic carbocycles. The maximum absolute atomic E-state index is 13.3. The van der Waals surface area contributed by atoms with Crippen molar-refractivity contribution in [2.45, 2.75) is 78.1 Å². The van der Waals surface area contributed by atoms with Crippen LogP contribution in [-0.4, -0.2) is 59.6 Å². The number of hydrogen-bond donors (Lipinski definition) is 1. The summed E-state index contributed by atoms with van der Waals surface area (Å²) in [6.07, 6.45) is 2.34. The Kier molecular flexibility index (Phi) is 7.86. The number of likely N-dealkylation sites (tertiary alicyclic amines) is 1. The van der Waals surface area contributed by atoms with Gasteiger partial charge in [0.15, 0.2) is 0 Å². The first-order chi connectivity index (χ1) is 15.0. The molecule has 0 spiro atoms. The molecule has 1 aromatic rings. The van der Waals surface area contributed by atoms with Crippen molar-refractivity contribution in [2.24, 2.45) is 17.8 Å². The van der Waals surface area contributed by atoms with Gasteiger partial charge in [0.05, 0.1) is 0 Å². The second-order valence-corrected chi connectivity index (χ2v) is 11.0. The maximum Gasteiger partial charge on any atom is 0.410 e. The highest BCUT2D eigenvalue weighted by Gasteiger charge is 2.44. The molecule has 4 atom stereocenters. The average molecular weight is 444 g/mol. The molecular weight excluding hydrogens is 402 g/mol. The van der Waals surface area contributed by atoms with E-state index >= 15 is 0 Å². The van der Waals surface area contributed by atoms with Crippen LogP contribution in [0.25, 0.3) is 0 Å². The second kappa shape index (κ2) is 10.2. The first-order valence-electron chi connectivity index (χ1n) is 12.1. The van der Waals surface area contributed by atoms with Crippen LogP contribution in [0.15, 0.2) is 30.3 Å². The number of hydrogen-bond acceptors (Lipinski definition) is 4. The quantitative estimate of drug-likeness (QED) is 0.683. The third kappa shape index (κ3) is 6.47. The Bertz CT molecular complexity index is 774. The van der Waals surface area contributed by atoms with E-state index in [1.807, 2.05) is 20.8 Å². The summed E-state index contributed by atoms with van der Waals surface area (Å²) < 4.78 is 5.52. The molecule has 2 fully saturated rings. The van der Waals surface area contributed by atoms with E-state index in [0.717, 1.165) is 32.5 Å². The minimum absolute atomic E-state index is 0.0563. The molecule has 2 amide bonds. The van der Waals surface area contributed by atoms with Gasteiger partial charge in [-0.05, 0) is 63.4 Å². The van der Waals surface area contributed by atoms with Crippen LogP contribution in [0.4, 0.5) is 4.79 Å². The van der Waals surface area contributed by atoms with Crippen molar-refractivity contribution in [3.8, 4) is 0 Å². The summed E-state index contributed by atoms with van der Waals surface area (Å²) in [5, 5.41) is 3.32. The number of likely N-dealkylation sites (N-methyl/N-ethyl adjacent to an activating group) is 1. The lowest BCUT2D eigenvalue weighted by Gasteiger charge is -2.32. The van der Waals surface area contributed by atoms with Crippen molar-refractivity contribution in [3.63, 3.8) is 0 Å². The number of carbonyl (C=O) groups is 2. The van der Waals surface area contributed by atoms with Gasteiger partial charge >= 0.3 is 6.09 Å². The van der Waals surface area contributed by atoms with Gasteiger partial charge in [0.2, 0.25) is 5.91 Å². The van der Waals surface area contributed by atoms with Gasteiger partial charge in [0, 0.05) is 32.7 Å². The Hall–Kier alpha value is -2.08. The van der Waals surface area contributed by atoms with Gasteiger partial charge < -0.3 is 10.1 Å². The highest BCUT2D eigenvalue weighted by atomic mass is 16.6. The van der Waals surface area contributed by atoms with Crippen LogP contribution in [0.1, 0.15) is 59.4 Å². The molecule has 3 rings (SSSR count). The summed E-state index contributed by atoms with van der Waals surface area (Å²) in [5.74, 6) is 1.35. The number of ether oxygens (including phenoxy) is 1. The molecule has 6 heteroatoms. The zero-order valence-corrected chi connectivity index (χ0v) is 20.6. The maximum atomic E-state index is 13.3. The van der Waals surface area contributed by atoms with Crippen LogP contribution < -0.4 is 5.32 Å². The number of nitrogens with zero attached hydrogens (tertiary/aromatic N) is 2. The lowest BCUT2D eigenvalue weighted by molar-refractivity contribution is -0.127. The second-order valence-electron chi connectivity index (χ2n) is 11.0. The van der Waals surface area contributed by atoms with Crippen molar-refractivity contribution < 1.29 is 14.3 Å². The van der Waals surface area contributed by atoms with Crippen LogP contribution in [0.5, 0.6) is 0 Å². The molecule has 0 aromatic heterocycles. The van der Waals surface area contributed by atoms with Gasteiger partial charge in [0.1, 0.15) is 11.6 Å². The van der Waals surface area contributed by atoms with Gasteiger partial charge in [0.25, 0.3) is 0 Å². The molecule has 2 aliphatic rings. The van der Waals surface area contributed by atoms with E-state index < -0.39 is 17.7 Å². The molecule has 1 aliphatic carbocycles. The molecule has 178 valence electrons. The lowest BCUT2D eigenvalue weighted by atomic mass is 9.96. The molecule has 0 radical (unpaired) electrons. The normalized spacial score (nSPS) is 24.3. The van der Waals surface area contributed by atoms with E-state index in [4.69, 9.17) is 4.74 Å². The fraction of sp³-hybridized carbons (Fsp3) is 0.692. The minimum atomic E-state index is -0.588. The van der Waals surface area contributed by atoms with E-state index in [1.54, 1.807) is 7.05 Å². The Labute approximate surface area is 193 Å². The summed E-state index contributed by atoms with van der Waals surface area (Å²) in [6.45, 7) is 12.8. The van der Waals surface area contributed by atoms with E-state index in [-0.39, 0.29) is 11.9 Å². The Morgan fingerprint density at radius 1 is 1.16 bits per heavy atom. The number of carbonyl (C=O) groups excluding carboxylic acids is 2. The summed E-state index contributed by atoms with van der Waals surface area (Å²) in [5.41, 5.74) is 0.749. The molecule has 0 bridgehead atoms. The van der Waals surface area contributed by atoms with E-state index in [2.05, 4.69) is 54.4 Å². The zero-order chi connectivity index (χ0) is 23.5. The van der Waals surface area contributed by atoms with Gasteiger partial charge in [-0.25, -0.2) is 4.79 Å². The van der Waals surface area contributed by atoms with E-state index in [9.17, 15) is 9.59 Å². The van der Waals surface area contributed by atoms with Gasteiger partial charge in [-0.2, -0.15) is 0 Å². The molecule has 1 heterocycles. The van der Waals surface area contributed by atoms with Crippen molar-refractivity contribution in [2.75, 3.05) is 20.1 Å². The van der Waals surface area contributed by atoms with Gasteiger partial charge in [-0.3, -0.25) is 14.6 Å². The Balaban J connectivity index is 1.61. The smallest absolute Gasteiger partial charge is 0.410 e. The largest absolute Gasteiger partial charge is 0.444 e. The summed E-state index contributed by atoms with van der Waals surface area (Å²) in [4.78, 5) is 30.0. The van der Waals surface area contributed by atoms with Crippen molar-refractivity contribution in [1.29, 1.82) is 0 Å². The molecule has 32 heavy (non-hydrogen) atoms. The average Bonchev–Trinajstić information content (AvgIpc) is 3.26. The van der Waals surface area contributed by atoms with E-state index in [0.29, 0.717) is 24.2 Å². The molecule has 6 nitrogen and oxygen atoms in total.